The molecule has 110 valence electrons. The van der Waals surface area contributed by atoms with E-state index in [4.69, 9.17) is 10.5 Å². The maximum absolute atomic E-state index is 11.9. The Bertz CT molecular complexity index is 432. The third-order valence-corrected chi connectivity index (χ3v) is 2.86. The summed E-state index contributed by atoms with van der Waals surface area (Å²) in [7, 11) is 0. The third-order valence-electron chi connectivity index (χ3n) is 2.86. The van der Waals surface area contributed by atoms with Crippen molar-refractivity contribution in [3.8, 4) is 0 Å². The molecule has 6 heteroatoms. The Morgan fingerprint density at radius 1 is 1.35 bits per heavy atom. The largest absolute Gasteiger partial charge is 0.462 e. The first-order chi connectivity index (χ1) is 9.58. The van der Waals surface area contributed by atoms with E-state index in [2.05, 4.69) is 10.5 Å². The molecule has 0 bridgehead atoms. The van der Waals surface area contributed by atoms with Gasteiger partial charge in [-0.15, -0.1) is 0 Å². The zero-order valence-corrected chi connectivity index (χ0v) is 11.8. The molecule has 20 heavy (non-hydrogen) atoms. The number of anilines is 1. The first-order valence-electron chi connectivity index (χ1n) is 6.59. The average Bonchev–Trinajstić information content (AvgIpc) is 2.45. The Morgan fingerprint density at radius 2 is 2.00 bits per heavy atom. The van der Waals surface area contributed by atoms with Gasteiger partial charge in [0.2, 0.25) is 0 Å². The van der Waals surface area contributed by atoms with Gasteiger partial charge in [0, 0.05) is 12.2 Å². The summed E-state index contributed by atoms with van der Waals surface area (Å²) in [4.78, 5) is 21.9. The molecule has 0 aliphatic rings. The lowest BCUT2D eigenvalue weighted by molar-refractivity contribution is -0.145. The van der Waals surface area contributed by atoms with Crippen LogP contribution in [0.15, 0.2) is 29.4 Å². The lowest BCUT2D eigenvalue weighted by Crippen LogP contribution is -2.36. The minimum absolute atomic E-state index is 0.0132. The summed E-state index contributed by atoms with van der Waals surface area (Å²) in [5.41, 5.74) is 7.39. The molecule has 1 rings (SSSR count). The molecule has 3 N–H and O–H groups in total. The monoisotopic (exact) mass is 279 g/mol. The van der Waals surface area contributed by atoms with Crippen molar-refractivity contribution in [3.63, 3.8) is 0 Å². The summed E-state index contributed by atoms with van der Waals surface area (Å²) in [5, 5.41) is 5.79. The Balaban J connectivity index is 2.65. The fraction of sp³-hybridized carbons (Fsp3) is 0.500. The van der Waals surface area contributed by atoms with Crippen LogP contribution in [0.2, 0.25) is 0 Å². The molecule has 1 aromatic carbocycles. The molecule has 0 amide bonds. The van der Waals surface area contributed by atoms with E-state index in [0.717, 1.165) is 11.3 Å². The molecule has 0 aromatic heterocycles. The van der Waals surface area contributed by atoms with E-state index in [9.17, 15) is 9.70 Å². The number of hydrogen-bond acceptors (Lipinski definition) is 6. The highest BCUT2D eigenvalue weighted by molar-refractivity contribution is 5.79. The van der Waals surface area contributed by atoms with Crippen molar-refractivity contribution in [1.82, 2.24) is 0 Å². The van der Waals surface area contributed by atoms with Crippen LogP contribution in [-0.2, 0) is 16.1 Å². The van der Waals surface area contributed by atoms with Gasteiger partial charge >= 0.3 is 5.97 Å². The number of nitrogens with two attached hydrogens (primary N) is 1. The van der Waals surface area contributed by atoms with Gasteiger partial charge in [0.1, 0.15) is 19.2 Å². The zero-order valence-electron chi connectivity index (χ0n) is 11.8. The highest BCUT2D eigenvalue weighted by atomic mass is 16.5. The van der Waals surface area contributed by atoms with Crippen molar-refractivity contribution in [2.45, 2.75) is 26.4 Å². The Kier molecular flexibility index (Phi) is 6.66. The molecule has 1 atom stereocenters. The lowest BCUT2D eigenvalue weighted by atomic mass is 10.0. The SMILES string of the molecule is CC(C)C(Nc1ccc(CN)cc1)C(=O)OCCN=O. The van der Waals surface area contributed by atoms with E-state index < -0.39 is 6.04 Å². The number of rotatable bonds is 8. The van der Waals surface area contributed by atoms with Gasteiger partial charge in [-0.3, -0.25) is 0 Å². The summed E-state index contributed by atoms with van der Waals surface area (Å²) < 4.78 is 5.01. The van der Waals surface area contributed by atoms with E-state index in [1.807, 2.05) is 38.1 Å². The van der Waals surface area contributed by atoms with Crippen molar-refractivity contribution in [1.29, 1.82) is 0 Å². The highest BCUT2D eigenvalue weighted by Crippen LogP contribution is 2.15. The van der Waals surface area contributed by atoms with Crippen molar-refractivity contribution in [3.05, 3.63) is 34.7 Å². The predicted molar refractivity (Wildman–Crippen MR) is 78.2 cm³/mol. The second-order valence-corrected chi connectivity index (χ2v) is 4.79. The van der Waals surface area contributed by atoms with Gasteiger partial charge in [-0.2, -0.15) is 4.91 Å². The standard InChI is InChI=1S/C14H21N3O3/c1-10(2)13(14(18)20-8-7-16-19)17-12-5-3-11(9-15)4-6-12/h3-6,10,13,17H,7-9,15H2,1-2H3. The Morgan fingerprint density at radius 3 is 2.50 bits per heavy atom. The molecule has 0 heterocycles. The molecular formula is C14H21N3O3. The summed E-state index contributed by atoms with van der Waals surface area (Å²) >= 11 is 0. The van der Waals surface area contributed by atoms with Crippen LogP contribution >= 0.6 is 0 Å². The number of carbonyl (C=O) groups is 1. The number of nitrogens with zero attached hydrogens (tertiary/aromatic N) is 1. The number of benzene rings is 1. The molecule has 0 aliphatic carbocycles. The highest BCUT2D eigenvalue weighted by Gasteiger charge is 2.23. The number of esters is 1. The number of carbonyl (C=O) groups excluding carboxylic acids is 1. The zero-order chi connectivity index (χ0) is 15.0. The second kappa shape index (κ2) is 8.27. The fourth-order valence-electron chi connectivity index (χ4n) is 1.69. The number of nitrogens with one attached hydrogen (secondary N) is 1. The van der Waals surface area contributed by atoms with Gasteiger partial charge in [-0.05, 0) is 23.6 Å². The van der Waals surface area contributed by atoms with E-state index in [-0.39, 0.29) is 25.0 Å². The van der Waals surface area contributed by atoms with Crippen molar-refractivity contribution < 1.29 is 9.53 Å². The van der Waals surface area contributed by atoms with Crippen LogP contribution in [0.3, 0.4) is 0 Å². The van der Waals surface area contributed by atoms with Gasteiger partial charge in [-0.25, -0.2) is 4.79 Å². The quantitative estimate of drug-likeness (QED) is 0.430. The smallest absolute Gasteiger partial charge is 0.328 e. The van der Waals surface area contributed by atoms with E-state index >= 15 is 0 Å². The van der Waals surface area contributed by atoms with Crippen molar-refractivity contribution >= 4 is 11.7 Å². The van der Waals surface area contributed by atoms with Crippen LogP contribution in [0.4, 0.5) is 5.69 Å². The van der Waals surface area contributed by atoms with Crippen LogP contribution in [0, 0.1) is 10.8 Å². The van der Waals surface area contributed by atoms with Crippen molar-refractivity contribution in [2.75, 3.05) is 18.5 Å². The first kappa shape index (κ1) is 16.1. The molecule has 1 unspecified atom stereocenters. The molecule has 1 aromatic rings. The van der Waals surface area contributed by atoms with E-state index in [1.54, 1.807) is 0 Å². The molecule has 0 fully saturated rings. The van der Waals surface area contributed by atoms with Crippen LogP contribution in [0.5, 0.6) is 0 Å². The van der Waals surface area contributed by atoms with E-state index in [0.29, 0.717) is 6.54 Å². The minimum atomic E-state index is -0.467. The summed E-state index contributed by atoms with van der Waals surface area (Å²) in [5.74, 6) is -0.326. The van der Waals surface area contributed by atoms with Gasteiger partial charge in [-0.1, -0.05) is 31.2 Å². The Labute approximate surface area is 118 Å². The number of hydrogen-bond donors (Lipinski definition) is 2. The molecule has 0 aliphatic heterocycles. The van der Waals surface area contributed by atoms with E-state index in [1.165, 1.54) is 0 Å². The summed E-state index contributed by atoms with van der Waals surface area (Å²) in [6.07, 6.45) is 0. The number of nitroso groups, excluding NO2 is 1. The van der Waals surface area contributed by atoms with Gasteiger partial charge in [0.15, 0.2) is 0 Å². The normalized spacial score (nSPS) is 12.0. The van der Waals surface area contributed by atoms with Crippen LogP contribution in [0.25, 0.3) is 0 Å². The maximum Gasteiger partial charge on any atom is 0.328 e. The molecule has 0 saturated carbocycles. The van der Waals surface area contributed by atoms with Crippen LogP contribution in [0.1, 0.15) is 19.4 Å². The summed E-state index contributed by atoms with van der Waals surface area (Å²) in [6.45, 7) is 4.31. The first-order valence-corrected chi connectivity index (χ1v) is 6.59. The van der Waals surface area contributed by atoms with Gasteiger partial charge < -0.3 is 15.8 Å². The van der Waals surface area contributed by atoms with Gasteiger partial charge in [0.05, 0.1) is 0 Å². The molecule has 0 saturated heterocycles. The lowest BCUT2D eigenvalue weighted by Gasteiger charge is -2.21. The summed E-state index contributed by atoms with van der Waals surface area (Å²) in [6, 6.07) is 7.09. The van der Waals surface area contributed by atoms with Crippen LogP contribution < -0.4 is 11.1 Å². The molecular weight excluding hydrogens is 258 g/mol. The third kappa shape index (κ3) is 4.97. The van der Waals surface area contributed by atoms with Gasteiger partial charge in [0.25, 0.3) is 0 Å². The predicted octanol–water partition coefficient (Wildman–Crippen LogP) is 1.89. The minimum Gasteiger partial charge on any atom is -0.462 e. The molecule has 6 nitrogen and oxygen atoms in total. The fourth-order valence-corrected chi connectivity index (χ4v) is 1.69. The average molecular weight is 279 g/mol. The second-order valence-electron chi connectivity index (χ2n) is 4.79. The number of ether oxygens (including phenoxy) is 1. The molecule has 0 radical (unpaired) electrons. The Hall–Kier alpha value is -1.95. The van der Waals surface area contributed by atoms with Crippen molar-refractivity contribution in [2.24, 2.45) is 16.8 Å². The topological polar surface area (TPSA) is 93.8 Å². The van der Waals surface area contributed by atoms with Crippen LogP contribution in [-0.4, -0.2) is 25.2 Å². The maximum atomic E-state index is 11.9. The molecule has 0 spiro atoms.